The molecule has 3 rings (SSSR count). The number of benzene rings is 1. The number of aromatic nitrogens is 2. The van der Waals surface area contributed by atoms with Crippen LogP contribution in [0.3, 0.4) is 0 Å². The van der Waals surface area contributed by atoms with E-state index in [0.29, 0.717) is 6.54 Å². The van der Waals surface area contributed by atoms with Crippen molar-refractivity contribution in [3.05, 3.63) is 40.8 Å². The normalized spacial score (nSPS) is 20.1. The van der Waals surface area contributed by atoms with Crippen molar-refractivity contribution >= 4 is 11.0 Å². The Hall–Kier alpha value is -1.68. The smallest absolute Gasteiger partial charge is 0.269 e. The van der Waals surface area contributed by atoms with E-state index in [9.17, 15) is 4.79 Å². The number of hydrogen-bond acceptors (Lipinski definition) is 3. The van der Waals surface area contributed by atoms with Crippen LogP contribution in [0.2, 0.25) is 0 Å². The minimum absolute atomic E-state index is 0.0529. The zero-order valence-corrected chi connectivity index (χ0v) is 10.2. The van der Waals surface area contributed by atoms with E-state index in [-0.39, 0.29) is 11.7 Å². The highest BCUT2D eigenvalue weighted by Gasteiger charge is 2.16. The van der Waals surface area contributed by atoms with Crippen LogP contribution < -0.4 is 5.56 Å². The number of rotatable bonds is 2. The van der Waals surface area contributed by atoms with E-state index < -0.39 is 0 Å². The molecule has 0 bridgehead atoms. The summed E-state index contributed by atoms with van der Waals surface area (Å²) in [5, 5.41) is 0. The molecule has 0 spiro atoms. The molecule has 0 aliphatic carbocycles. The second-order valence-corrected chi connectivity index (χ2v) is 4.68. The van der Waals surface area contributed by atoms with Gasteiger partial charge in [-0.3, -0.25) is 4.79 Å². The predicted octanol–water partition coefficient (Wildman–Crippen LogP) is 1.97. The molecule has 94 valence electrons. The second kappa shape index (κ2) is 4.90. The molecule has 1 aromatic heterocycles. The maximum atomic E-state index is 12.0. The highest BCUT2D eigenvalue weighted by molar-refractivity contribution is 5.74. The van der Waals surface area contributed by atoms with E-state index in [0.717, 1.165) is 30.5 Å². The number of hydrogen-bond donors (Lipinski definition) is 0. The molecule has 2 heterocycles. The second-order valence-electron chi connectivity index (χ2n) is 4.68. The molecule has 4 heteroatoms. The molecule has 4 nitrogen and oxygen atoms in total. The molecule has 1 aliphatic heterocycles. The maximum Gasteiger partial charge on any atom is 0.269 e. The standard InChI is InChI=1S/C14H16N2O2/c17-14-9-15-12-6-1-2-7-13(12)16(14)10-11-5-3-4-8-18-11/h1-2,6-7,9,11H,3-5,8,10H2/t11-/m0/s1. The van der Waals surface area contributed by atoms with E-state index in [1.807, 2.05) is 24.3 Å². The first-order valence-corrected chi connectivity index (χ1v) is 6.41. The summed E-state index contributed by atoms with van der Waals surface area (Å²) in [6.07, 6.45) is 4.89. The van der Waals surface area contributed by atoms with Crippen molar-refractivity contribution in [1.82, 2.24) is 9.55 Å². The van der Waals surface area contributed by atoms with Gasteiger partial charge in [0.25, 0.3) is 5.56 Å². The lowest BCUT2D eigenvalue weighted by atomic mass is 10.1. The van der Waals surface area contributed by atoms with Crippen LogP contribution in [0.1, 0.15) is 19.3 Å². The minimum Gasteiger partial charge on any atom is -0.376 e. The molecule has 0 N–H and O–H groups in total. The van der Waals surface area contributed by atoms with Gasteiger partial charge in [0.1, 0.15) is 0 Å². The van der Waals surface area contributed by atoms with Gasteiger partial charge in [-0.05, 0) is 31.4 Å². The Morgan fingerprint density at radius 3 is 3.06 bits per heavy atom. The van der Waals surface area contributed by atoms with Crippen LogP contribution in [-0.4, -0.2) is 22.3 Å². The average Bonchev–Trinajstić information content (AvgIpc) is 2.43. The van der Waals surface area contributed by atoms with Crippen molar-refractivity contribution in [2.75, 3.05) is 6.61 Å². The molecule has 0 amide bonds. The Labute approximate surface area is 105 Å². The fraction of sp³-hybridized carbons (Fsp3) is 0.429. The van der Waals surface area contributed by atoms with Gasteiger partial charge in [0.05, 0.1) is 29.9 Å². The van der Waals surface area contributed by atoms with Crippen LogP contribution in [0.5, 0.6) is 0 Å². The lowest BCUT2D eigenvalue weighted by Gasteiger charge is -2.23. The third-order valence-corrected chi connectivity index (χ3v) is 3.41. The number of nitrogens with zero attached hydrogens (tertiary/aromatic N) is 2. The van der Waals surface area contributed by atoms with Crippen molar-refractivity contribution in [2.24, 2.45) is 0 Å². The summed E-state index contributed by atoms with van der Waals surface area (Å²) in [4.78, 5) is 16.1. The summed E-state index contributed by atoms with van der Waals surface area (Å²) in [6, 6.07) is 7.72. The predicted molar refractivity (Wildman–Crippen MR) is 69.6 cm³/mol. The molecule has 0 saturated carbocycles. The van der Waals surface area contributed by atoms with Gasteiger partial charge < -0.3 is 9.30 Å². The first-order chi connectivity index (χ1) is 8.84. The molecular weight excluding hydrogens is 228 g/mol. The van der Waals surface area contributed by atoms with Gasteiger partial charge >= 0.3 is 0 Å². The Morgan fingerprint density at radius 2 is 2.22 bits per heavy atom. The lowest BCUT2D eigenvalue weighted by Crippen LogP contribution is -2.30. The van der Waals surface area contributed by atoms with Crippen molar-refractivity contribution in [2.45, 2.75) is 31.9 Å². The lowest BCUT2D eigenvalue weighted by molar-refractivity contribution is 0.00613. The zero-order valence-electron chi connectivity index (χ0n) is 10.2. The molecule has 0 unspecified atom stereocenters. The van der Waals surface area contributed by atoms with Crippen LogP contribution in [-0.2, 0) is 11.3 Å². The van der Waals surface area contributed by atoms with Gasteiger partial charge in [0.2, 0.25) is 0 Å². The molecule has 1 aliphatic rings. The van der Waals surface area contributed by atoms with Gasteiger partial charge in [-0.15, -0.1) is 0 Å². The topological polar surface area (TPSA) is 44.1 Å². The van der Waals surface area contributed by atoms with Gasteiger partial charge in [-0.2, -0.15) is 0 Å². The first-order valence-electron chi connectivity index (χ1n) is 6.41. The number of ether oxygens (including phenoxy) is 1. The van der Waals surface area contributed by atoms with Gasteiger partial charge in [-0.25, -0.2) is 4.98 Å². The molecule has 2 aromatic rings. The maximum absolute atomic E-state index is 12.0. The molecule has 1 fully saturated rings. The summed E-state index contributed by atoms with van der Waals surface area (Å²) in [5.41, 5.74) is 1.69. The molecule has 1 saturated heterocycles. The third-order valence-electron chi connectivity index (χ3n) is 3.41. The molecule has 1 aromatic carbocycles. The SMILES string of the molecule is O=c1cnc2ccccc2n1C[C@@H]1CCCCO1. The first kappa shape index (κ1) is 11.4. The summed E-state index contributed by atoms with van der Waals surface area (Å²) in [5.74, 6) is 0. The van der Waals surface area contributed by atoms with Crippen LogP contribution in [0.15, 0.2) is 35.3 Å². The summed E-state index contributed by atoms with van der Waals surface area (Å²) in [6.45, 7) is 1.43. The van der Waals surface area contributed by atoms with Crippen molar-refractivity contribution in [3.63, 3.8) is 0 Å². The third kappa shape index (κ3) is 2.16. The highest BCUT2D eigenvalue weighted by Crippen LogP contribution is 2.16. The largest absolute Gasteiger partial charge is 0.376 e. The monoisotopic (exact) mass is 244 g/mol. The highest BCUT2D eigenvalue weighted by atomic mass is 16.5. The molecule has 18 heavy (non-hydrogen) atoms. The van der Waals surface area contributed by atoms with Crippen molar-refractivity contribution < 1.29 is 4.74 Å². The Kier molecular flexibility index (Phi) is 3.11. The van der Waals surface area contributed by atoms with Crippen LogP contribution in [0.4, 0.5) is 0 Å². The summed E-state index contributed by atoms with van der Waals surface area (Å²) in [7, 11) is 0. The van der Waals surface area contributed by atoms with Gasteiger partial charge in [0, 0.05) is 6.61 Å². The van der Waals surface area contributed by atoms with E-state index >= 15 is 0 Å². The Bertz CT molecular complexity index is 600. The Morgan fingerprint density at radius 1 is 1.33 bits per heavy atom. The number of para-hydroxylation sites is 2. The van der Waals surface area contributed by atoms with E-state index in [2.05, 4.69) is 4.98 Å². The minimum atomic E-state index is -0.0529. The van der Waals surface area contributed by atoms with Crippen molar-refractivity contribution in [1.29, 1.82) is 0 Å². The number of fused-ring (bicyclic) bond motifs is 1. The molecule has 1 atom stereocenters. The van der Waals surface area contributed by atoms with Crippen molar-refractivity contribution in [3.8, 4) is 0 Å². The van der Waals surface area contributed by atoms with Gasteiger partial charge in [0.15, 0.2) is 0 Å². The van der Waals surface area contributed by atoms with E-state index in [1.165, 1.54) is 12.6 Å². The summed E-state index contributed by atoms with van der Waals surface area (Å²) < 4.78 is 7.48. The van der Waals surface area contributed by atoms with Gasteiger partial charge in [-0.1, -0.05) is 12.1 Å². The average molecular weight is 244 g/mol. The molecule has 0 radical (unpaired) electrons. The quantitative estimate of drug-likeness (QED) is 0.811. The molecular formula is C14H16N2O2. The van der Waals surface area contributed by atoms with Crippen LogP contribution in [0, 0.1) is 0 Å². The summed E-state index contributed by atoms with van der Waals surface area (Å²) >= 11 is 0. The van der Waals surface area contributed by atoms with Crippen LogP contribution >= 0.6 is 0 Å². The Balaban J connectivity index is 1.99. The van der Waals surface area contributed by atoms with E-state index in [4.69, 9.17) is 4.74 Å². The van der Waals surface area contributed by atoms with E-state index in [1.54, 1.807) is 4.57 Å². The van der Waals surface area contributed by atoms with Crippen LogP contribution in [0.25, 0.3) is 11.0 Å². The zero-order chi connectivity index (χ0) is 12.4. The fourth-order valence-corrected chi connectivity index (χ4v) is 2.46. The fourth-order valence-electron chi connectivity index (χ4n) is 2.46.